The number of hydrogen-bond donors (Lipinski definition) is 3. The summed E-state index contributed by atoms with van der Waals surface area (Å²) in [5, 5.41) is 7.63. The number of hydrogen-bond acceptors (Lipinski definition) is 7. The first-order valence-corrected chi connectivity index (χ1v) is 8.32. The lowest BCUT2D eigenvalue weighted by atomic mass is 10.2. The number of ether oxygens (including phenoxy) is 1. The molecule has 1 heterocycles. The minimum Gasteiger partial charge on any atom is -0.469 e. The maximum atomic E-state index is 12.1. The Kier molecular flexibility index (Phi) is 6.61. The van der Waals surface area contributed by atoms with E-state index in [1.54, 1.807) is 29.6 Å². The van der Waals surface area contributed by atoms with Crippen molar-refractivity contribution in [1.29, 1.82) is 0 Å². The lowest BCUT2D eigenvalue weighted by molar-refractivity contribution is -0.140. The topological polar surface area (TPSA) is 123 Å². The summed E-state index contributed by atoms with van der Waals surface area (Å²) in [4.78, 5) is 39.1. The van der Waals surface area contributed by atoms with Crippen LogP contribution in [0.1, 0.15) is 32.3 Å². The zero-order chi connectivity index (χ0) is 18.2. The number of methoxy groups -OCH3 is 1. The molecule has 0 saturated heterocycles. The number of esters is 1. The van der Waals surface area contributed by atoms with Gasteiger partial charge in [0.25, 0.3) is 11.8 Å². The molecule has 2 amide bonds. The summed E-state index contributed by atoms with van der Waals surface area (Å²) in [5.74, 6) is -1.04. The maximum absolute atomic E-state index is 12.1. The van der Waals surface area contributed by atoms with Crippen molar-refractivity contribution in [1.82, 2.24) is 10.3 Å². The number of carbonyl (C=O) groups is 3. The van der Waals surface area contributed by atoms with Crippen molar-refractivity contribution < 1.29 is 19.1 Å². The van der Waals surface area contributed by atoms with Crippen molar-refractivity contribution >= 4 is 34.8 Å². The first-order chi connectivity index (χ1) is 12.0. The van der Waals surface area contributed by atoms with Crippen molar-refractivity contribution in [2.75, 3.05) is 19.0 Å². The fraction of sp³-hybridized carbons (Fsp3) is 0.250. The summed E-state index contributed by atoms with van der Waals surface area (Å²) in [6, 6.07) is 6.39. The molecule has 0 radical (unpaired) electrons. The molecule has 0 aliphatic rings. The standard InChI is InChI=1S/C16H18N4O4S/c1-24-14(21)6-7-18-15(22)10-2-4-11(5-3-10)19-16(23)12-9-25-13(8-17)20-12/h2-5,9H,6-8,17H2,1H3,(H,18,22)(H,19,23). The van der Waals surface area contributed by atoms with E-state index in [1.165, 1.54) is 18.4 Å². The predicted molar refractivity (Wildman–Crippen MR) is 93.4 cm³/mol. The smallest absolute Gasteiger partial charge is 0.307 e. The minimum absolute atomic E-state index is 0.106. The van der Waals surface area contributed by atoms with Crippen LogP contribution in [0.2, 0.25) is 0 Å². The summed E-state index contributed by atoms with van der Waals surface area (Å²) in [6.07, 6.45) is 0.106. The van der Waals surface area contributed by atoms with Gasteiger partial charge in [-0.2, -0.15) is 0 Å². The Labute approximate surface area is 148 Å². The molecular weight excluding hydrogens is 344 g/mol. The largest absolute Gasteiger partial charge is 0.469 e. The van der Waals surface area contributed by atoms with Crippen LogP contribution in [0.5, 0.6) is 0 Å². The van der Waals surface area contributed by atoms with Crippen LogP contribution in [0.3, 0.4) is 0 Å². The molecular formula is C16H18N4O4S. The van der Waals surface area contributed by atoms with E-state index >= 15 is 0 Å². The molecule has 0 fully saturated rings. The Balaban J connectivity index is 1.89. The fourth-order valence-electron chi connectivity index (χ4n) is 1.89. The van der Waals surface area contributed by atoms with E-state index in [-0.39, 0.29) is 31.3 Å². The first-order valence-electron chi connectivity index (χ1n) is 7.44. The highest BCUT2D eigenvalue weighted by molar-refractivity contribution is 7.09. The van der Waals surface area contributed by atoms with Gasteiger partial charge in [0.05, 0.1) is 13.5 Å². The van der Waals surface area contributed by atoms with E-state index in [4.69, 9.17) is 5.73 Å². The molecule has 2 rings (SSSR count). The van der Waals surface area contributed by atoms with Crippen molar-refractivity contribution in [3.05, 3.63) is 45.9 Å². The van der Waals surface area contributed by atoms with Gasteiger partial charge in [0.2, 0.25) is 0 Å². The quantitative estimate of drug-likeness (QED) is 0.635. The highest BCUT2D eigenvalue weighted by Crippen LogP contribution is 2.13. The molecule has 0 aliphatic heterocycles. The zero-order valence-corrected chi connectivity index (χ0v) is 14.4. The number of nitrogens with two attached hydrogens (primary N) is 1. The van der Waals surface area contributed by atoms with Gasteiger partial charge in [-0.05, 0) is 24.3 Å². The van der Waals surface area contributed by atoms with Gasteiger partial charge in [0, 0.05) is 29.7 Å². The number of rotatable bonds is 7. The summed E-state index contributed by atoms with van der Waals surface area (Å²) in [6.45, 7) is 0.481. The molecule has 0 saturated carbocycles. The monoisotopic (exact) mass is 362 g/mol. The zero-order valence-electron chi connectivity index (χ0n) is 13.6. The second kappa shape index (κ2) is 8.90. The molecule has 0 aliphatic carbocycles. The Morgan fingerprint density at radius 2 is 1.92 bits per heavy atom. The average Bonchev–Trinajstić information content (AvgIpc) is 3.11. The first kappa shape index (κ1) is 18.6. The average molecular weight is 362 g/mol. The lowest BCUT2D eigenvalue weighted by Crippen LogP contribution is -2.26. The lowest BCUT2D eigenvalue weighted by Gasteiger charge is -2.06. The summed E-state index contributed by atoms with van der Waals surface area (Å²) in [7, 11) is 1.29. The van der Waals surface area contributed by atoms with Gasteiger partial charge in [0.15, 0.2) is 0 Å². The molecule has 132 valence electrons. The molecule has 0 atom stereocenters. The van der Waals surface area contributed by atoms with E-state index in [1.807, 2.05) is 0 Å². The Hall–Kier alpha value is -2.78. The van der Waals surface area contributed by atoms with Crippen molar-refractivity contribution in [2.24, 2.45) is 5.73 Å². The predicted octanol–water partition coefficient (Wildman–Crippen LogP) is 1.15. The third kappa shape index (κ3) is 5.37. The fourth-order valence-corrected chi connectivity index (χ4v) is 2.55. The van der Waals surface area contributed by atoms with E-state index in [9.17, 15) is 14.4 Å². The molecule has 1 aromatic heterocycles. The van der Waals surface area contributed by atoms with Gasteiger partial charge < -0.3 is 21.1 Å². The van der Waals surface area contributed by atoms with Crippen molar-refractivity contribution in [3.63, 3.8) is 0 Å². The molecule has 25 heavy (non-hydrogen) atoms. The summed E-state index contributed by atoms with van der Waals surface area (Å²) >= 11 is 1.32. The molecule has 0 bridgehead atoms. The van der Waals surface area contributed by atoms with E-state index in [0.717, 1.165) is 0 Å². The van der Waals surface area contributed by atoms with E-state index < -0.39 is 5.97 Å². The summed E-state index contributed by atoms with van der Waals surface area (Å²) in [5.41, 5.74) is 6.73. The van der Waals surface area contributed by atoms with Crippen LogP contribution in [-0.4, -0.2) is 36.4 Å². The third-order valence-corrected chi connectivity index (χ3v) is 4.08. The summed E-state index contributed by atoms with van der Waals surface area (Å²) < 4.78 is 4.49. The highest BCUT2D eigenvalue weighted by atomic mass is 32.1. The van der Waals surface area contributed by atoms with Gasteiger partial charge in [0.1, 0.15) is 10.7 Å². The number of anilines is 1. The number of aromatic nitrogens is 1. The molecule has 2 aromatic rings. The third-order valence-electron chi connectivity index (χ3n) is 3.21. The van der Waals surface area contributed by atoms with Gasteiger partial charge in [-0.1, -0.05) is 0 Å². The van der Waals surface area contributed by atoms with Gasteiger partial charge in [-0.25, -0.2) is 4.98 Å². The van der Waals surface area contributed by atoms with Crippen LogP contribution >= 0.6 is 11.3 Å². The van der Waals surface area contributed by atoms with Crippen molar-refractivity contribution in [2.45, 2.75) is 13.0 Å². The van der Waals surface area contributed by atoms with Gasteiger partial charge in [-0.15, -0.1) is 11.3 Å². The molecule has 1 aromatic carbocycles. The Bertz CT molecular complexity index is 758. The van der Waals surface area contributed by atoms with E-state index in [0.29, 0.717) is 22.0 Å². The van der Waals surface area contributed by atoms with Gasteiger partial charge >= 0.3 is 5.97 Å². The van der Waals surface area contributed by atoms with Crippen LogP contribution in [0.25, 0.3) is 0 Å². The second-order valence-electron chi connectivity index (χ2n) is 4.94. The normalized spacial score (nSPS) is 10.2. The number of amides is 2. The second-order valence-corrected chi connectivity index (χ2v) is 5.89. The molecule has 9 heteroatoms. The molecule has 4 N–H and O–H groups in total. The molecule has 0 spiro atoms. The van der Waals surface area contributed by atoms with Crippen LogP contribution in [-0.2, 0) is 16.1 Å². The number of nitrogens with zero attached hydrogens (tertiary/aromatic N) is 1. The number of nitrogens with one attached hydrogen (secondary N) is 2. The van der Waals surface area contributed by atoms with Gasteiger partial charge in [-0.3, -0.25) is 14.4 Å². The SMILES string of the molecule is COC(=O)CCNC(=O)c1ccc(NC(=O)c2csc(CN)n2)cc1. The molecule has 0 unspecified atom stereocenters. The van der Waals surface area contributed by atoms with Crippen LogP contribution in [0.4, 0.5) is 5.69 Å². The number of carbonyl (C=O) groups excluding carboxylic acids is 3. The Morgan fingerprint density at radius 3 is 2.52 bits per heavy atom. The van der Waals surface area contributed by atoms with E-state index in [2.05, 4.69) is 20.4 Å². The molecule has 8 nitrogen and oxygen atoms in total. The minimum atomic E-state index is -0.391. The number of benzene rings is 1. The highest BCUT2D eigenvalue weighted by Gasteiger charge is 2.11. The van der Waals surface area contributed by atoms with Crippen LogP contribution in [0.15, 0.2) is 29.6 Å². The Morgan fingerprint density at radius 1 is 1.20 bits per heavy atom. The maximum Gasteiger partial charge on any atom is 0.307 e. The van der Waals surface area contributed by atoms with Crippen LogP contribution in [0, 0.1) is 0 Å². The van der Waals surface area contributed by atoms with Crippen molar-refractivity contribution in [3.8, 4) is 0 Å². The van der Waals surface area contributed by atoms with Crippen LogP contribution < -0.4 is 16.4 Å². The number of thiazole rings is 1.